The minimum Gasteiger partial charge on any atom is -0.491 e. The molecule has 3 aromatic heterocycles. The van der Waals surface area contributed by atoms with Gasteiger partial charge in [0.25, 0.3) is 5.88 Å². The van der Waals surface area contributed by atoms with E-state index < -0.39 is 0 Å². The topological polar surface area (TPSA) is 112 Å². The molecule has 0 aliphatic rings. The Kier molecular flexibility index (Phi) is 6.22. The van der Waals surface area contributed by atoms with Gasteiger partial charge in [0.2, 0.25) is 0 Å². The van der Waals surface area contributed by atoms with Crippen molar-refractivity contribution in [3.63, 3.8) is 0 Å². The van der Waals surface area contributed by atoms with Crippen molar-refractivity contribution in [1.82, 2.24) is 24.9 Å². The first-order valence-electron chi connectivity index (χ1n) is 8.72. The number of pyridine rings is 1. The number of carbonyl (C=O) groups excluding carboxylic acids is 1. The van der Waals surface area contributed by atoms with E-state index in [9.17, 15) is 4.79 Å². The van der Waals surface area contributed by atoms with Gasteiger partial charge >= 0.3 is 6.03 Å². The summed E-state index contributed by atoms with van der Waals surface area (Å²) in [5.74, 6) is 1.31. The van der Waals surface area contributed by atoms with Crippen molar-refractivity contribution in [2.75, 3.05) is 39.3 Å². The van der Waals surface area contributed by atoms with Gasteiger partial charge in [-0.3, -0.25) is 5.32 Å². The molecule has 0 bridgehead atoms. The number of fused-ring (bicyclic) bond motifs is 1. The van der Waals surface area contributed by atoms with E-state index in [-0.39, 0.29) is 6.03 Å². The van der Waals surface area contributed by atoms with Gasteiger partial charge < -0.3 is 19.5 Å². The zero-order chi connectivity index (χ0) is 19.9. The largest absolute Gasteiger partial charge is 0.491 e. The van der Waals surface area contributed by atoms with E-state index in [0.717, 1.165) is 5.56 Å². The molecular weight excluding hydrogens is 364 g/mol. The van der Waals surface area contributed by atoms with Crippen LogP contribution in [0.3, 0.4) is 0 Å². The average molecular weight is 386 g/mol. The van der Waals surface area contributed by atoms with Gasteiger partial charge in [0.15, 0.2) is 17.2 Å². The van der Waals surface area contributed by atoms with Crippen molar-refractivity contribution in [2.45, 2.75) is 6.92 Å². The van der Waals surface area contributed by atoms with Crippen molar-refractivity contribution >= 4 is 17.5 Å². The van der Waals surface area contributed by atoms with Crippen molar-refractivity contribution in [3.8, 4) is 22.9 Å². The predicted molar refractivity (Wildman–Crippen MR) is 103 cm³/mol. The molecule has 0 saturated heterocycles. The van der Waals surface area contributed by atoms with Crippen LogP contribution >= 0.6 is 0 Å². The Balaban J connectivity index is 1.75. The Morgan fingerprint density at radius 3 is 2.86 bits per heavy atom. The third-order valence-electron chi connectivity index (χ3n) is 3.83. The van der Waals surface area contributed by atoms with Crippen molar-refractivity contribution < 1.29 is 19.0 Å². The molecule has 148 valence electrons. The highest BCUT2D eigenvalue weighted by Crippen LogP contribution is 2.29. The number of hydrogen-bond acceptors (Lipinski definition) is 7. The summed E-state index contributed by atoms with van der Waals surface area (Å²) >= 11 is 0. The summed E-state index contributed by atoms with van der Waals surface area (Å²) in [5, 5.41) is 9.65. The third kappa shape index (κ3) is 4.46. The van der Waals surface area contributed by atoms with E-state index >= 15 is 0 Å². The second-order valence-corrected chi connectivity index (χ2v) is 5.66. The molecule has 10 nitrogen and oxygen atoms in total. The summed E-state index contributed by atoms with van der Waals surface area (Å²) in [5.41, 5.74) is 2.04. The number of urea groups is 1. The fraction of sp³-hybridized carbons (Fsp3) is 0.333. The van der Waals surface area contributed by atoms with Crippen LogP contribution in [0.25, 0.3) is 16.9 Å². The van der Waals surface area contributed by atoms with Crippen molar-refractivity contribution in [1.29, 1.82) is 0 Å². The van der Waals surface area contributed by atoms with Crippen LogP contribution in [0.15, 0.2) is 30.6 Å². The molecule has 0 atom stereocenters. The lowest BCUT2D eigenvalue weighted by molar-refractivity contribution is 0.150. The zero-order valence-corrected chi connectivity index (χ0v) is 15.9. The monoisotopic (exact) mass is 386 g/mol. The highest BCUT2D eigenvalue weighted by molar-refractivity contribution is 5.88. The highest BCUT2D eigenvalue weighted by atomic mass is 16.5. The standard InChI is InChI=1S/C18H22N6O4/c1-4-28-8-6-19-18(25)22-15-10-16-21-13(5-7-24(16)23-15)12-9-14(26-2)17(27-3)20-11-12/h5,7,9-11H,4,6,8H2,1-3H3,(H2,19,22,23,25). The maximum atomic E-state index is 11.9. The van der Waals surface area contributed by atoms with E-state index in [1.807, 2.05) is 6.92 Å². The van der Waals surface area contributed by atoms with Crippen LogP contribution in [0.2, 0.25) is 0 Å². The number of anilines is 1. The quantitative estimate of drug-likeness (QED) is 0.569. The normalized spacial score (nSPS) is 10.7. The molecule has 0 aromatic carbocycles. The van der Waals surface area contributed by atoms with Gasteiger partial charge in [0, 0.05) is 37.2 Å². The number of nitrogens with one attached hydrogen (secondary N) is 2. The van der Waals surface area contributed by atoms with Gasteiger partial charge in [-0.05, 0) is 19.1 Å². The highest BCUT2D eigenvalue weighted by Gasteiger charge is 2.11. The number of carbonyl (C=O) groups is 1. The summed E-state index contributed by atoms with van der Waals surface area (Å²) in [6, 6.07) is 4.92. The number of methoxy groups -OCH3 is 2. The molecule has 0 fully saturated rings. The molecular formula is C18H22N6O4. The number of rotatable bonds is 8. The van der Waals surface area contributed by atoms with Gasteiger partial charge in [0.05, 0.1) is 26.5 Å². The summed E-state index contributed by atoms with van der Waals surface area (Å²) in [7, 11) is 3.08. The van der Waals surface area contributed by atoms with Crippen LogP contribution in [-0.2, 0) is 4.74 Å². The van der Waals surface area contributed by atoms with E-state index in [4.69, 9.17) is 14.2 Å². The van der Waals surface area contributed by atoms with Crippen LogP contribution in [0.4, 0.5) is 10.6 Å². The molecule has 0 radical (unpaired) electrons. The number of ether oxygens (including phenoxy) is 3. The Labute approximate surface area is 161 Å². The Bertz CT molecular complexity index is 958. The Morgan fingerprint density at radius 1 is 1.25 bits per heavy atom. The number of hydrogen-bond donors (Lipinski definition) is 2. The minimum atomic E-state index is -0.354. The van der Waals surface area contributed by atoms with E-state index in [2.05, 4.69) is 25.7 Å². The second-order valence-electron chi connectivity index (χ2n) is 5.66. The fourth-order valence-electron chi connectivity index (χ4n) is 2.51. The summed E-state index contributed by atoms with van der Waals surface area (Å²) < 4.78 is 17.2. The second kappa shape index (κ2) is 9.00. The van der Waals surface area contributed by atoms with Gasteiger partial charge in [-0.15, -0.1) is 5.10 Å². The number of amides is 2. The average Bonchev–Trinajstić information content (AvgIpc) is 3.11. The summed E-state index contributed by atoms with van der Waals surface area (Å²) in [6.07, 6.45) is 3.41. The molecule has 2 N–H and O–H groups in total. The van der Waals surface area contributed by atoms with Crippen molar-refractivity contribution in [3.05, 3.63) is 30.6 Å². The van der Waals surface area contributed by atoms with Gasteiger partial charge in [-0.25, -0.2) is 19.3 Å². The number of nitrogens with zero attached hydrogens (tertiary/aromatic N) is 4. The summed E-state index contributed by atoms with van der Waals surface area (Å²) in [4.78, 5) is 20.7. The van der Waals surface area contributed by atoms with Crippen LogP contribution in [0, 0.1) is 0 Å². The van der Waals surface area contributed by atoms with E-state index in [0.29, 0.717) is 48.5 Å². The first-order valence-corrected chi connectivity index (χ1v) is 8.72. The molecule has 3 heterocycles. The SMILES string of the molecule is CCOCCNC(=O)Nc1cc2nc(-c3cnc(OC)c(OC)c3)ccn2n1. The fourth-order valence-corrected chi connectivity index (χ4v) is 2.51. The van der Waals surface area contributed by atoms with Crippen LogP contribution < -0.4 is 20.1 Å². The Hall–Kier alpha value is -3.40. The predicted octanol–water partition coefficient (Wildman–Crippen LogP) is 1.97. The van der Waals surface area contributed by atoms with Gasteiger partial charge in [-0.2, -0.15) is 0 Å². The minimum absolute atomic E-state index is 0.354. The van der Waals surface area contributed by atoms with Crippen molar-refractivity contribution in [2.24, 2.45) is 0 Å². The molecule has 0 saturated carbocycles. The smallest absolute Gasteiger partial charge is 0.320 e. The molecule has 2 amide bonds. The van der Waals surface area contributed by atoms with Crippen LogP contribution in [-0.4, -0.2) is 59.6 Å². The van der Waals surface area contributed by atoms with Crippen LogP contribution in [0.1, 0.15) is 6.92 Å². The van der Waals surface area contributed by atoms with E-state index in [1.165, 1.54) is 7.11 Å². The number of aromatic nitrogens is 4. The molecule has 28 heavy (non-hydrogen) atoms. The molecule has 0 spiro atoms. The molecule has 0 aliphatic heterocycles. The molecule has 3 rings (SSSR count). The first-order chi connectivity index (χ1) is 13.6. The first kappa shape index (κ1) is 19.4. The zero-order valence-electron chi connectivity index (χ0n) is 15.9. The molecule has 10 heteroatoms. The lowest BCUT2D eigenvalue weighted by atomic mass is 10.2. The van der Waals surface area contributed by atoms with Gasteiger partial charge in [-0.1, -0.05) is 0 Å². The third-order valence-corrected chi connectivity index (χ3v) is 3.83. The summed E-state index contributed by atoms with van der Waals surface area (Å²) in [6.45, 7) is 3.39. The maximum absolute atomic E-state index is 11.9. The molecule has 0 aliphatic carbocycles. The van der Waals surface area contributed by atoms with Gasteiger partial charge in [0.1, 0.15) is 0 Å². The molecule has 0 unspecified atom stereocenters. The lowest BCUT2D eigenvalue weighted by Gasteiger charge is -2.08. The maximum Gasteiger partial charge on any atom is 0.320 e. The Morgan fingerprint density at radius 2 is 2.11 bits per heavy atom. The van der Waals surface area contributed by atoms with Crippen LogP contribution in [0.5, 0.6) is 11.6 Å². The lowest BCUT2D eigenvalue weighted by Crippen LogP contribution is -2.31. The van der Waals surface area contributed by atoms with E-state index in [1.54, 1.807) is 42.2 Å². The molecule has 3 aromatic rings.